The van der Waals surface area contributed by atoms with Gasteiger partial charge in [0.1, 0.15) is 10.8 Å². The predicted octanol–water partition coefficient (Wildman–Crippen LogP) is 3.40. The number of fused-ring (bicyclic) bond motifs is 4. The van der Waals surface area contributed by atoms with Gasteiger partial charge in [-0.25, -0.2) is 0 Å². The van der Waals surface area contributed by atoms with Crippen LogP contribution in [0.1, 0.15) is 21.5 Å². The van der Waals surface area contributed by atoms with Gasteiger partial charge in [0.15, 0.2) is 0 Å². The lowest BCUT2D eigenvalue weighted by Gasteiger charge is -2.18. The lowest BCUT2D eigenvalue weighted by atomic mass is 10.0. The third-order valence-corrected chi connectivity index (χ3v) is 6.24. The SMILES string of the molecule is CN(C)C1=CC=c2oc3c(c2C1)C=C(NC(=O)c1csc2ccccc12)C=CC=3. The van der Waals surface area contributed by atoms with Gasteiger partial charge in [-0.3, -0.25) is 4.79 Å². The molecule has 2 aliphatic carbocycles. The number of nitrogens with one attached hydrogen (secondary N) is 1. The molecule has 1 amide bonds. The minimum atomic E-state index is -0.0976. The minimum Gasteiger partial charge on any atom is -0.456 e. The zero-order valence-corrected chi connectivity index (χ0v) is 17.0. The van der Waals surface area contributed by atoms with E-state index in [1.54, 1.807) is 11.3 Å². The van der Waals surface area contributed by atoms with Crippen molar-refractivity contribution in [1.29, 1.82) is 0 Å². The highest BCUT2D eigenvalue weighted by molar-refractivity contribution is 7.17. The number of nitrogens with zero attached hydrogens (tertiary/aromatic N) is 1. The molecular formula is C24H20N2O2S. The van der Waals surface area contributed by atoms with Gasteiger partial charge in [0.2, 0.25) is 0 Å². The standard InChI is InChI=1S/C24H20N2O2S/c1-26(2)16-10-11-22-19(13-16)18-12-15(6-5-8-21(18)28-22)25-24(27)20-14-29-23-9-4-3-7-17(20)23/h3-12,14H,13H2,1-2H3,(H,25,27). The van der Waals surface area contributed by atoms with E-state index >= 15 is 0 Å². The van der Waals surface area contributed by atoms with Crippen LogP contribution in [0.15, 0.2) is 63.7 Å². The first-order valence-corrected chi connectivity index (χ1v) is 10.4. The number of furan rings is 1. The second kappa shape index (κ2) is 6.94. The fourth-order valence-corrected chi connectivity index (χ4v) is 4.65. The van der Waals surface area contributed by atoms with E-state index < -0.39 is 0 Å². The van der Waals surface area contributed by atoms with Crippen molar-refractivity contribution in [2.75, 3.05) is 14.1 Å². The van der Waals surface area contributed by atoms with Crippen molar-refractivity contribution in [2.45, 2.75) is 6.42 Å². The van der Waals surface area contributed by atoms with Gasteiger partial charge in [-0.15, -0.1) is 11.3 Å². The fraction of sp³-hybridized carbons (Fsp3) is 0.125. The topological polar surface area (TPSA) is 45.5 Å². The van der Waals surface area contributed by atoms with Crippen LogP contribution in [-0.4, -0.2) is 24.9 Å². The Kier molecular flexibility index (Phi) is 4.25. The average Bonchev–Trinajstić information content (AvgIpc) is 3.23. The van der Waals surface area contributed by atoms with Crippen LogP contribution < -0.4 is 16.1 Å². The molecule has 3 aromatic rings. The molecule has 0 radical (unpaired) electrons. The number of hydrogen-bond donors (Lipinski definition) is 1. The summed E-state index contributed by atoms with van der Waals surface area (Å²) in [5, 5.41) is 5.97. The average molecular weight is 401 g/mol. The quantitative estimate of drug-likeness (QED) is 0.733. The van der Waals surface area contributed by atoms with Crippen molar-refractivity contribution in [1.82, 2.24) is 10.2 Å². The van der Waals surface area contributed by atoms with Gasteiger partial charge in [-0.2, -0.15) is 0 Å². The molecule has 0 aliphatic heterocycles. The summed E-state index contributed by atoms with van der Waals surface area (Å²) in [6, 6.07) is 7.97. The summed E-state index contributed by atoms with van der Waals surface area (Å²) in [6.07, 6.45) is 12.7. The highest BCUT2D eigenvalue weighted by Crippen LogP contribution is 2.26. The number of benzene rings is 1. The van der Waals surface area contributed by atoms with Gasteiger partial charge in [0, 0.05) is 58.5 Å². The van der Waals surface area contributed by atoms with E-state index in [4.69, 9.17) is 4.42 Å². The molecule has 2 heterocycles. The zero-order valence-electron chi connectivity index (χ0n) is 16.2. The molecule has 5 heteroatoms. The molecule has 29 heavy (non-hydrogen) atoms. The number of rotatable bonds is 3. The second-order valence-corrected chi connectivity index (χ2v) is 8.26. The first kappa shape index (κ1) is 17.8. The van der Waals surface area contributed by atoms with Crippen LogP contribution in [0.3, 0.4) is 0 Å². The Hall–Kier alpha value is -3.31. The maximum absolute atomic E-state index is 12.9. The Bertz CT molecular complexity index is 1350. The number of thiophene rings is 1. The molecule has 144 valence electrons. The summed E-state index contributed by atoms with van der Waals surface area (Å²) < 4.78 is 7.15. The van der Waals surface area contributed by atoms with Gasteiger partial charge in [-0.05, 0) is 36.4 Å². The molecule has 0 bridgehead atoms. The predicted molar refractivity (Wildman–Crippen MR) is 119 cm³/mol. The Morgan fingerprint density at radius 3 is 2.86 bits per heavy atom. The third-order valence-electron chi connectivity index (χ3n) is 5.27. The first-order valence-electron chi connectivity index (χ1n) is 9.48. The Labute approximate surface area is 172 Å². The highest BCUT2D eigenvalue weighted by Gasteiger charge is 2.18. The lowest BCUT2D eigenvalue weighted by molar-refractivity contribution is 0.0969. The van der Waals surface area contributed by atoms with Crippen molar-refractivity contribution >= 4 is 45.6 Å². The molecule has 0 unspecified atom stereocenters. The summed E-state index contributed by atoms with van der Waals surface area (Å²) in [5.41, 5.74) is 6.57. The van der Waals surface area contributed by atoms with Crippen LogP contribution in [-0.2, 0) is 6.42 Å². The molecule has 0 saturated heterocycles. The molecule has 5 rings (SSSR count). The normalized spacial score (nSPS) is 14.7. The van der Waals surface area contributed by atoms with Crippen LogP contribution in [0.4, 0.5) is 0 Å². The Balaban J connectivity index is 1.49. The third kappa shape index (κ3) is 3.13. The van der Waals surface area contributed by atoms with E-state index in [2.05, 4.69) is 16.3 Å². The second-order valence-electron chi connectivity index (χ2n) is 7.34. The van der Waals surface area contributed by atoms with Crippen LogP contribution >= 0.6 is 11.3 Å². The lowest BCUT2D eigenvalue weighted by Crippen LogP contribution is -2.22. The Morgan fingerprint density at radius 1 is 1.14 bits per heavy atom. The van der Waals surface area contributed by atoms with Gasteiger partial charge in [0.25, 0.3) is 5.91 Å². The minimum absolute atomic E-state index is 0.0976. The number of hydrogen-bond acceptors (Lipinski definition) is 4. The van der Waals surface area contributed by atoms with E-state index in [9.17, 15) is 4.79 Å². The first-order chi connectivity index (χ1) is 14.1. The zero-order chi connectivity index (χ0) is 20.0. The van der Waals surface area contributed by atoms with E-state index in [0.29, 0.717) is 5.56 Å². The molecule has 1 N–H and O–H groups in total. The van der Waals surface area contributed by atoms with E-state index in [-0.39, 0.29) is 5.91 Å². The van der Waals surface area contributed by atoms with E-state index in [1.165, 1.54) is 5.70 Å². The van der Waals surface area contributed by atoms with Crippen molar-refractivity contribution in [2.24, 2.45) is 0 Å². The molecule has 0 spiro atoms. The molecule has 2 aromatic heterocycles. The molecule has 0 saturated carbocycles. The van der Waals surface area contributed by atoms with Crippen LogP contribution in [0, 0.1) is 0 Å². The number of carbonyl (C=O) groups is 1. The number of likely N-dealkylation sites (N-methyl/N-ethyl adjacent to an activating group) is 1. The number of carbonyl (C=O) groups excluding carboxylic acids is 1. The Morgan fingerprint density at radius 2 is 2.00 bits per heavy atom. The van der Waals surface area contributed by atoms with E-state index in [0.717, 1.165) is 44.2 Å². The highest BCUT2D eigenvalue weighted by atomic mass is 32.1. The fourth-order valence-electron chi connectivity index (χ4n) is 3.71. The van der Waals surface area contributed by atoms with Gasteiger partial charge in [0.05, 0.1) is 5.56 Å². The van der Waals surface area contributed by atoms with Crippen LogP contribution in [0.25, 0.3) is 28.3 Å². The summed E-state index contributed by atoms with van der Waals surface area (Å²) in [6.45, 7) is 0. The maximum atomic E-state index is 12.9. The van der Waals surface area contributed by atoms with Crippen molar-refractivity contribution in [3.63, 3.8) is 0 Å². The summed E-state index contributed by atoms with van der Waals surface area (Å²) in [4.78, 5) is 15.1. The molecule has 0 atom stereocenters. The van der Waals surface area contributed by atoms with E-state index in [1.807, 2.05) is 74.1 Å². The van der Waals surface area contributed by atoms with Crippen LogP contribution in [0.5, 0.6) is 0 Å². The molecule has 0 fully saturated rings. The van der Waals surface area contributed by atoms with Crippen LogP contribution in [0.2, 0.25) is 0 Å². The maximum Gasteiger partial charge on any atom is 0.257 e. The van der Waals surface area contributed by atoms with Gasteiger partial charge in [-0.1, -0.05) is 24.3 Å². The molecular weight excluding hydrogens is 380 g/mol. The summed E-state index contributed by atoms with van der Waals surface area (Å²) in [7, 11) is 4.09. The number of allylic oxidation sites excluding steroid dienone is 4. The molecule has 2 aliphatic rings. The van der Waals surface area contributed by atoms with Crippen molar-refractivity contribution in [3.05, 3.63) is 86.8 Å². The van der Waals surface area contributed by atoms with Crippen molar-refractivity contribution in [3.8, 4) is 0 Å². The monoisotopic (exact) mass is 400 g/mol. The smallest absolute Gasteiger partial charge is 0.257 e. The van der Waals surface area contributed by atoms with Gasteiger partial charge >= 0.3 is 0 Å². The van der Waals surface area contributed by atoms with Crippen molar-refractivity contribution < 1.29 is 9.21 Å². The molecule has 1 aromatic carbocycles. The summed E-state index contributed by atoms with van der Waals surface area (Å²) in [5.74, 6) is -0.0976. The largest absolute Gasteiger partial charge is 0.456 e. The van der Waals surface area contributed by atoms with Gasteiger partial charge < -0.3 is 14.6 Å². The summed E-state index contributed by atoms with van der Waals surface area (Å²) >= 11 is 1.59. The number of amides is 1. The molecule has 4 nitrogen and oxygen atoms in total.